The van der Waals surface area contributed by atoms with Gasteiger partial charge in [-0.1, -0.05) is 32.9 Å². The van der Waals surface area contributed by atoms with Crippen molar-refractivity contribution in [2.45, 2.75) is 27.7 Å². The molecule has 0 atom stereocenters. The van der Waals surface area contributed by atoms with Crippen LogP contribution in [0.4, 0.5) is 5.69 Å². The number of nitrogens with zero attached hydrogens (tertiary/aromatic N) is 1. The van der Waals surface area contributed by atoms with Crippen molar-refractivity contribution in [3.63, 3.8) is 0 Å². The van der Waals surface area contributed by atoms with Crippen molar-refractivity contribution in [3.8, 4) is 0 Å². The zero-order valence-electron chi connectivity index (χ0n) is 11.1. The molecule has 16 heavy (non-hydrogen) atoms. The van der Waals surface area contributed by atoms with E-state index in [1.54, 1.807) is 0 Å². The van der Waals surface area contributed by atoms with Crippen molar-refractivity contribution >= 4 is 11.5 Å². The van der Waals surface area contributed by atoms with Gasteiger partial charge in [-0.2, -0.15) is 0 Å². The van der Waals surface area contributed by atoms with Gasteiger partial charge in [0.2, 0.25) is 0 Å². The van der Waals surface area contributed by atoms with Crippen molar-refractivity contribution < 1.29 is 4.79 Å². The van der Waals surface area contributed by atoms with Crippen LogP contribution >= 0.6 is 0 Å². The summed E-state index contributed by atoms with van der Waals surface area (Å²) < 4.78 is 0. The third-order valence-electron chi connectivity index (χ3n) is 2.64. The lowest BCUT2D eigenvalue weighted by atomic mass is 9.84. The van der Waals surface area contributed by atoms with Crippen molar-refractivity contribution in [3.05, 3.63) is 29.3 Å². The number of carbonyl (C=O) groups is 1. The zero-order valence-corrected chi connectivity index (χ0v) is 11.1. The van der Waals surface area contributed by atoms with E-state index in [1.807, 2.05) is 64.9 Å². The normalized spacial score (nSPS) is 11.4. The molecule has 0 heterocycles. The molecule has 0 amide bonds. The van der Waals surface area contributed by atoms with Crippen LogP contribution in [-0.4, -0.2) is 19.9 Å². The average molecular weight is 219 g/mol. The van der Waals surface area contributed by atoms with E-state index >= 15 is 0 Å². The van der Waals surface area contributed by atoms with Gasteiger partial charge in [-0.25, -0.2) is 0 Å². The predicted octanol–water partition coefficient (Wildman–Crippen LogP) is 3.29. The molecule has 0 spiro atoms. The first kappa shape index (κ1) is 12.8. The van der Waals surface area contributed by atoms with E-state index in [0.717, 1.165) is 16.8 Å². The number of carbonyl (C=O) groups excluding carboxylic acids is 1. The van der Waals surface area contributed by atoms with Gasteiger partial charge in [0.25, 0.3) is 0 Å². The highest BCUT2D eigenvalue weighted by atomic mass is 16.1. The number of aryl methyl sites for hydroxylation is 1. The Kier molecular flexibility index (Phi) is 3.41. The monoisotopic (exact) mass is 219 g/mol. The molecule has 0 unspecified atom stereocenters. The molecule has 0 saturated carbocycles. The predicted molar refractivity (Wildman–Crippen MR) is 69.3 cm³/mol. The maximum absolute atomic E-state index is 12.4. The second-order valence-electron chi connectivity index (χ2n) is 5.44. The summed E-state index contributed by atoms with van der Waals surface area (Å²) in [5, 5.41) is 0. The lowest BCUT2D eigenvalue weighted by molar-refractivity contribution is 0.0858. The Hall–Kier alpha value is -1.31. The summed E-state index contributed by atoms with van der Waals surface area (Å²) in [7, 11) is 3.93. The first-order valence-corrected chi connectivity index (χ1v) is 5.57. The Labute approximate surface area is 98.3 Å². The van der Waals surface area contributed by atoms with Gasteiger partial charge in [-0.3, -0.25) is 4.79 Å². The molecule has 1 rings (SSSR count). The van der Waals surface area contributed by atoms with Crippen LogP contribution in [-0.2, 0) is 0 Å². The highest BCUT2D eigenvalue weighted by Gasteiger charge is 2.26. The van der Waals surface area contributed by atoms with E-state index < -0.39 is 0 Å². The van der Waals surface area contributed by atoms with E-state index in [1.165, 1.54) is 0 Å². The van der Waals surface area contributed by atoms with Crippen molar-refractivity contribution in [2.24, 2.45) is 5.41 Å². The third kappa shape index (κ3) is 2.43. The summed E-state index contributed by atoms with van der Waals surface area (Å²) in [6, 6.07) is 5.97. The summed E-state index contributed by atoms with van der Waals surface area (Å²) in [6.07, 6.45) is 0. The van der Waals surface area contributed by atoms with E-state index in [9.17, 15) is 4.79 Å². The lowest BCUT2D eigenvalue weighted by Gasteiger charge is -2.23. The fraction of sp³-hybridized carbons (Fsp3) is 0.500. The number of hydrogen-bond acceptors (Lipinski definition) is 2. The second-order valence-corrected chi connectivity index (χ2v) is 5.44. The number of benzene rings is 1. The fourth-order valence-electron chi connectivity index (χ4n) is 1.70. The van der Waals surface area contributed by atoms with Crippen LogP contribution in [0.2, 0.25) is 0 Å². The molecule has 0 aliphatic carbocycles. The molecule has 0 fully saturated rings. The number of Topliss-reactive ketones (excluding diaryl/α,β-unsaturated/α-hetero) is 1. The molecule has 0 aliphatic rings. The second kappa shape index (κ2) is 4.28. The molecule has 88 valence electrons. The Morgan fingerprint density at radius 3 is 2.19 bits per heavy atom. The summed E-state index contributed by atoms with van der Waals surface area (Å²) in [5.41, 5.74) is 2.56. The van der Waals surface area contributed by atoms with Gasteiger partial charge in [0, 0.05) is 30.8 Å². The molecular formula is C14H21NO. The average Bonchev–Trinajstić information content (AvgIpc) is 2.14. The molecule has 0 radical (unpaired) electrons. The molecule has 0 N–H and O–H groups in total. The molecule has 0 bridgehead atoms. The Balaban J connectivity index is 3.37. The number of ketones is 1. The standard InChI is InChI=1S/C14H21NO/c1-10-8-7-9-11(15(5)6)12(10)13(16)14(2,3)4/h7-9H,1-6H3. The lowest BCUT2D eigenvalue weighted by Crippen LogP contribution is -2.24. The van der Waals surface area contributed by atoms with Crippen LogP contribution in [0.5, 0.6) is 0 Å². The van der Waals surface area contributed by atoms with E-state index in [-0.39, 0.29) is 11.2 Å². The summed E-state index contributed by atoms with van der Waals surface area (Å²) in [6.45, 7) is 7.87. The van der Waals surface area contributed by atoms with Crippen molar-refractivity contribution in [2.75, 3.05) is 19.0 Å². The quantitative estimate of drug-likeness (QED) is 0.711. The van der Waals surface area contributed by atoms with Crippen LogP contribution in [0.3, 0.4) is 0 Å². The van der Waals surface area contributed by atoms with Gasteiger partial charge < -0.3 is 4.90 Å². The highest BCUT2D eigenvalue weighted by Crippen LogP contribution is 2.29. The van der Waals surface area contributed by atoms with Crippen LogP contribution < -0.4 is 4.90 Å². The fourth-order valence-corrected chi connectivity index (χ4v) is 1.70. The zero-order chi connectivity index (χ0) is 12.5. The molecule has 1 aromatic rings. The molecule has 0 aromatic heterocycles. The summed E-state index contributed by atoms with van der Waals surface area (Å²) in [4.78, 5) is 14.4. The minimum absolute atomic E-state index is 0.203. The molecule has 1 aromatic carbocycles. The van der Waals surface area contributed by atoms with Gasteiger partial charge in [-0.15, -0.1) is 0 Å². The number of rotatable bonds is 2. The van der Waals surface area contributed by atoms with E-state index in [4.69, 9.17) is 0 Å². The van der Waals surface area contributed by atoms with Crippen molar-refractivity contribution in [1.29, 1.82) is 0 Å². The molecule has 0 aliphatic heterocycles. The third-order valence-corrected chi connectivity index (χ3v) is 2.64. The van der Waals surface area contributed by atoms with Gasteiger partial charge in [0.15, 0.2) is 5.78 Å². The minimum atomic E-state index is -0.336. The Morgan fingerprint density at radius 2 is 1.75 bits per heavy atom. The SMILES string of the molecule is Cc1cccc(N(C)C)c1C(=O)C(C)(C)C. The largest absolute Gasteiger partial charge is 0.377 e. The highest BCUT2D eigenvalue weighted by molar-refractivity contribution is 6.05. The van der Waals surface area contributed by atoms with Crippen LogP contribution in [0.25, 0.3) is 0 Å². The Morgan fingerprint density at radius 1 is 1.19 bits per heavy atom. The molecule has 2 heteroatoms. The number of hydrogen-bond donors (Lipinski definition) is 0. The Bertz CT molecular complexity index is 400. The maximum atomic E-state index is 12.4. The first-order chi connectivity index (χ1) is 7.25. The maximum Gasteiger partial charge on any atom is 0.170 e. The molecule has 2 nitrogen and oxygen atoms in total. The van der Waals surface area contributed by atoms with Crippen LogP contribution in [0, 0.1) is 12.3 Å². The van der Waals surface area contributed by atoms with E-state index in [2.05, 4.69) is 0 Å². The number of anilines is 1. The van der Waals surface area contributed by atoms with Gasteiger partial charge in [-0.05, 0) is 18.6 Å². The molecular weight excluding hydrogens is 198 g/mol. The molecule has 0 saturated heterocycles. The van der Waals surface area contributed by atoms with Crippen molar-refractivity contribution in [1.82, 2.24) is 0 Å². The van der Waals surface area contributed by atoms with Gasteiger partial charge >= 0.3 is 0 Å². The summed E-state index contributed by atoms with van der Waals surface area (Å²) >= 11 is 0. The van der Waals surface area contributed by atoms with E-state index in [0.29, 0.717) is 0 Å². The van der Waals surface area contributed by atoms with Crippen LogP contribution in [0.1, 0.15) is 36.7 Å². The summed E-state index contributed by atoms with van der Waals surface area (Å²) in [5.74, 6) is 0.203. The van der Waals surface area contributed by atoms with Gasteiger partial charge in [0.05, 0.1) is 0 Å². The first-order valence-electron chi connectivity index (χ1n) is 5.57. The topological polar surface area (TPSA) is 20.3 Å². The minimum Gasteiger partial charge on any atom is -0.377 e. The van der Waals surface area contributed by atoms with Gasteiger partial charge in [0.1, 0.15) is 0 Å². The smallest absolute Gasteiger partial charge is 0.170 e. The van der Waals surface area contributed by atoms with Crippen LogP contribution in [0.15, 0.2) is 18.2 Å².